The number of nitrogens with zero attached hydrogens (tertiary/aromatic N) is 1. The summed E-state index contributed by atoms with van der Waals surface area (Å²) in [5.41, 5.74) is 7.08. The van der Waals surface area contributed by atoms with Crippen molar-refractivity contribution in [3.63, 3.8) is 0 Å². The number of benzene rings is 2. The quantitative estimate of drug-likeness (QED) is 0.567. The maximum absolute atomic E-state index is 11.5. The summed E-state index contributed by atoms with van der Waals surface area (Å²) >= 11 is 0. The highest BCUT2D eigenvalue weighted by molar-refractivity contribution is 5.93. The highest BCUT2D eigenvalue weighted by Crippen LogP contribution is 2.20. The molecule has 0 fully saturated rings. The summed E-state index contributed by atoms with van der Waals surface area (Å²) in [6.45, 7) is 0.0380. The zero-order valence-electron chi connectivity index (χ0n) is 13.9. The maximum Gasteiger partial charge on any atom is 0.319 e. The van der Waals surface area contributed by atoms with Crippen molar-refractivity contribution in [2.75, 3.05) is 0 Å². The molecule has 0 bridgehead atoms. The minimum atomic E-state index is -0.847. The molecular weight excluding hydrogens is 394 g/mol. The Morgan fingerprint density at radius 3 is 2.38 bits per heavy atom. The SMILES string of the molecule is NC(=O)NC(=O)C[n+]1ccc(/C=C/c2cccc3ccccc23)cc1.[Br-]. The number of imide groups is 1. The second kappa shape index (κ2) is 8.92. The van der Waals surface area contributed by atoms with Gasteiger partial charge in [0.15, 0.2) is 12.4 Å². The van der Waals surface area contributed by atoms with Crippen LogP contribution in [0.2, 0.25) is 0 Å². The summed E-state index contributed by atoms with van der Waals surface area (Å²) in [5, 5.41) is 4.44. The summed E-state index contributed by atoms with van der Waals surface area (Å²) in [6, 6.07) is 17.4. The standard InChI is InChI=1S/C20H17N3O2.BrH/c21-20(25)22-19(24)14-23-12-10-15(11-13-23)8-9-17-6-3-5-16-4-1-2-7-18(16)17;/h1-13H,14H2,(H2-,21,22,24,25);1H/b9-8+;. The molecule has 3 aromatic rings. The third-order valence-electron chi connectivity index (χ3n) is 3.78. The normalized spacial score (nSPS) is 10.5. The molecule has 0 aliphatic carbocycles. The van der Waals surface area contributed by atoms with Crippen molar-refractivity contribution >= 4 is 34.9 Å². The van der Waals surface area contributed by atoms with Crippen LogP contribution in [0.3, 0.4) is 0 Å². The maximum atomic E-state index is 11.5. The average molecular weight is 412 g/mol. The molecule has 132 valence electrons. The molecule has 3 amide bonds. The molecule has 0 aliphatic heterocycles. The molecule has 3 N–H and O–H groups in total. The van der Waals surface area contributed by atoms with Crippen molar-refractivity contribution in [2.24, 2.45) is 5.73 Å². The zero-order valence-corrected chi connectivity index (χ0v) is 15.5. The smallest absolute Gasteiger partial charge is 0.319 e. The Balaban J connectivity index is 0.00000243. The van der Waals surface area contributed by atoms with Crippen molar-refractivity contribution in [1.82, 2.24) is 5.32 Å². The molecule has 0 radical (unpaired) electrons. The molecule has 0 saturated carbocycles. The Bertz CT molecular complexity index is 947. The molecule has 3 rings (SSSR count). The van der Waals surface area contributed by atoms with Gasteiger partial charge in [-0.15, -0.1) is 0 Å². The van der Waals surface area contributed by atoms with Gasteiger partial charge >= 0.3 is 6.03 Å². The van der Waals surface area contributed by atoms with Crippen LogP contribution in [0.25, 0.3) is 22.9 Å². The summed E-state index contributed by atoms with van der Waals surface area (Å²) in [5.74, 6) is -0.448. The van der Waals surface area contributed by atoms with Crippen LogP contribution in [-0.2, 0) is 11.3 Å². The Morgan fingerprint density at radius 2 is 1.65 bits per heavy atom. The van der Waals surface area contributed by atoms with E-state index in [9.17, 15) is 9.59 Å². The first kappa shape index (κ1) is 19.3. The molecule has 5 nitrogen and oxygen atoms in total. The van der Waals surface area contributed by atoms with Gasteiger partial charge in [0.25, 0.3) is 5.91 Å². The Kier molecular flexibility index (Phi) is 6.63. The van der Waals surface area contributed by atoms with E-state index < -0.39 is 11.9 Å². The molecule has 1 aromatic heterocycles. The number of nitrogens with two attached hydrogens (primary N) is 1. The number of carbonyl (C=O) groups excluding carboxylic acids is 2. The Morgan fingerprint density at radius 1 is 0.962 bits per heavy atom. The van der Waals surface area contributed by atoms with Crippen molar-refractivity contribution in [2.45, 2.75) is 6.54 Å². The number of hydrogen-bond donors (Lipinski definition) is 2. The second-order valence-corrected chi connectivity index (χ2v) is 5.62. The molecule has 6 heteroatoms. The third-order valence-corrected chi connectivity index (χ3v) is 3.78. The number of pyridine rings is 1. The lowest BCUT2D eigenvalue weighted by molar-refractivity contribution is -0.684. The van der Waals surface area contributed by atoms with Gasteiger partial charge in [-0.3, -0.25) is 10.1 Å². The summed E-state index contributed by atoms with van der Waals surface area (Å²) in [6.07, 6.45) is 7.66. The van der Waals surface area contributed by atoms with Gasteiger partial charge in [0.05, 0.1) is 0 Å². The second-order valence-electron chi connectivity index (χ2n) is 5.62. The van der Waals surface area contributed by atoms with E-state index in [1.807, 2.05) is 41.7 Å². The van der Waals surface area contributed by atoms with Crippen LogP contribution in [0.1, 0.15) is 11.1 Å². The number of hydrogen-bond acceptors (Lipinski definition) is 2. The number of fused-ring (bicyclic) bond motifs is 1. The third kappa shape index (κ3) is 5.00. The number of halogens is 1. The van der Waals surface area contributed by atoms with Gasteiger partial charge in [0, 0.05) is 12.1 Å². The minimum absolute atomic E-state index is 0. The minimum Gasteiger partial charge on any atom is -1.00 e. The first-order valence-corrected chi connectivity index (χ1v) is 7.86. The monoisotopic (exact) mass is 411 g/mol. The predicted octanol–water partition coefficient (Wildman–Crippen LogP) is -0.503. The van der Waals surface area contributed by atoms with E-state index in [1.54, 1.807) is 17.0 Å². The number of carbonyl (C=O) groups is 2. The summed E-state index contributed by atoms with van der Waals surface area (Å²) in [4.78, 5) is 22.1. The van der Waals surface area contributed by atoms with E-state index in [0.717, 1.165) is 11.1 Å². The van der Waals surface area contributed by atoms with Gasteiger partial charge in [-0.25, -0.2) is 4.79 Å². The van der Waals surface area contributed by atoms with Crippen LogP contribution >= 0.6 is 0 Å². The molecule has 26 heavy (non-hydrogen) atoms. The van der Waals surface area contributed by atoms with E-state index in [2.05, 4.69) is 30.3 Å². The van der Waals surface area contributed by atoms with Gasteiger partial charge in [0.2, 0.25) is 6.54 Å². The number of nitrogens with one attached hydrogen (secondary N) is 1. The van der Waals surface area contributed by atoms with Crippen LogP contribution in [-0.4, -0.2) is 11.9 Å². The lowest BCUT2D eigenvalue weighted by atomic mass is 10.0. The van der Waals surface area contributed by atoms with Crippen molar-refractivity contribution in [3.05, 3.63) is 78.1 Å². The molecular formula is C20H18BrN3O2. The van der Waals surface area contributed by atoms with E-state index in [0.29, 0.717) is 0 Å². The van der Waals surface area contributed by atoms with Crippen LogP contribution in [0.5, 0.6) is 0 Å². The number of rotatable bonds is 4. The van der Waals surface area contributed by atoms with Crippen LogP contribution in [0.15, 0.2) is 67.0 Å². The molecule has 0 saturated heterocycles. The van der Waals surface area contributed by atoms with Gasteiger partial charge in [0.1, 0.15) is 0 Å². The van der Waals surface area contributed by atoms with Gasteiger partial charge < -0.3 is 22.7 Å². The first-order chi connectivity index (χ1) is 12.1. The number of aromatic nitrogens is 1. The highest BCUT2D eigenvalue weighted by atomic mass is 79.9. The first-order valence-electron chi connectivity index (χ1n) is 7.86. The molecule has 0 aliphatic rings. The lowest BCUT2D eigenvalue weighted by Gasteiger charge is -2.01. The zero-order chi connectivity index (χ0) is 17.6. The molecule has 0 atom stereocenters. The van der Waals surface area contributed by atoms with E-state index in [4.69, 9.17) is 5.73 Å². The van der Waals surface area contributed by atoms with Crippen molar-refractivity contribution in [3.8, 4) is 0 Å². The topological polar surface area (TPSA) is 76.1 Å². The van der Waals surface area contributed by atoms with Gasteiger partial charge in [-0.05, 0) is 21.9 Å². The number of urea groups is 1. The largest absolute Gasteiger partial charge is 1.00 e. The van der Waals surface area contributed by atoms with Crippen molar-refractivity contribution < 1.29 is 31.1 Å². The van der Waals surface area contributed by atoms with Crippen LogP contribution in [0.4, 0.5) is 4.79 Å². The molecule has 0 spiro atoms. The number of amides is 3. The van der Waals surface area contributed by atoms with E-state index in [-0.39, 0.29) is 23.5 Å². The molecule has 1 heterocycles. The van der Waals surface area contributed by atoms with Crippen molar-refractivity contribution in [1.29, 1.82) is 0 Å². The van der Waals surface area contributed by atoms with Crippen LogP contribution in [0, 0.1) is 0 Å². The number of primary amides is 1. The fraction of sp³-hybridized carbons (Fsp3) is 0.0500. The highest BCUT2D eigenvalue weighted by Gasteiger charge is 2.10. The fourth-order valence-corrected chi connectivity index (χ4v) is 2.61. The molecule has 2 aromatic carbocycles. The Labute approximate surface area is 161 Å². The van der Waals surface area contributed by atoms with Crippen LogP contribution < -0.4 is 32.6 Å². The Hall–Kier alpha value is -2.99. The predicted molar refractivity (Wildman–Crippen MR) is 97.2 cm³/mol. The summed E-state index contributed by atoms with van der Waals surface area (Å²) in [7, 11) is 0. The average Bonchev–Trinajstić information content (AvgIpc) is 2.60. The van der Waals surface area contributed by atoms with E-state index in [1.165, 1.54) is 10.8 Å². The van der Waals surface area contributed by atoms with Gasteiger partial charge in [-0.1, -0.05) is 54.6 Å². The van der Waals surface area contributed by atoms with Gasteiger partial charge in [-0.2, -0.15) is 4.57 Å². The molecule has 0 unspecified atom stereocenters. The van der Waals surface area contributed by atoms with E-state index >= 15 is 0 Å². The lowest BCUT2D eigenvalue weighted by Crippen LogP contribution is -3.00. The fourth-order valence-electron chi connectivity index (χ4n) is 2.61. The summed E-state index contributed by atoms with van der Waals surface area (Å²) < 4.78 is 1.67.